The molecule has 1 aromatic carbocycles. The Morgan fingerprint density at radius 1 is 1.12 bits per heavy atom. The predicted molar refractivity (Wildman–Crippen MR) is 127 cm³/mol. The zero-order valence-electron chi connectivity index (χ0n) is 19.5. The number of nitrogens with zero attached hydrogens (tertiary/aromatic N) is 5. The minimum Gasteiger partial charge on any atom is -0.379 e. The number of hydrogen-bond acceptors (Lipinski definition) is 5. The SMILES string of the molecule is Cc1nnc(CN=C(NCCCN2CCOCC2)NCC2(c3ccccc3)CCC2)n1C. The highest BCUT2D eigenvalue weighted by molar-refractivity contribution is 5.79. The lowest BCUT2D eigenvalue weighted by molar-refractivity contribution is 0.0376. The molecule has 0 amide bonds. The number of nitrogens with one attached hydrogen (secondary N) is 2. The van der Waals surface area contributed by atoms with Crippen LogP contribution in [0.4, 0.5) is 0 Å². The van der Waals surface area contributed by atoms with E-state index < -0.39 is 0 Å². The van der Waals surface area contributed by atoms with Crippen molar-refractivity contribution < 1.29 is 4.74 Å². The van der Waals surface area contributed by atoms with Crippen LogP contribution in [0.25, 0.3) is 0 Å². The van der Waals surface area contributed by atoms with Gasteiger partial charge in [0.2, 0.25) is 0 Å². The van der Waals surface area contributed by atoms with Crippen molar-refractivity contribution in [1.29, 1.82) is 0 Å². The Labute approximate surface area is 191 Å². The second-order valence-electron chi connectivity index (χ2n) is 8.98. The topological polar surface area (TPSA) is 79.6 Å². The molecule has 2 heterocycles. The normalized spacial score (nSPS) is 18.9. The Morgan fingerprint density at radius 2 is 1.91 bits per heavy atom. The molecule has 1 aliphatic heterocycles. The van der Waals surface area contributed by atoms with Crippen LogP contribution in [0, 0.1) is 6.92 Å². The van der Waals surface area contributed by atoms with E-state index in [0.717, 1.165) is 70.0 Å². The first-order valence-corrected chi connectivity index (χ1v) is 11.9. The summed E-state index contributed by atoms with van der Waals surface area (Å²) in [4.78, 5) is 7.31. The van der Waals surface area contributed by atoms with E-state index in [1.807, 2.05) is 18.5 Å². The molecule has 0 atom stereocenters. The molecule has 0 bridgehead atoms. The maximum absolute atomic E-state index is 5.45. The number of aliphatic imine (C=N–C) groups is 1. The van der Waals surface area contributed by atoms with Gasteiger partial charge in [0, 0.05) is 38.6 Å². The van der Waals surface area contributed by atoms with Crippen molar-refractivity contribution in [2.24, 2.45) is 12.0 Å². The van der Waals surface area contributed by atoms with Gasteiger partial charge in [0.1, 0.15) is 12.4 Å². The third-order valence-corrected chi connectivity index (χ3v) is 6.90. The second-order valence-corrected chi connectivity index (χ2v) is 8.98. The molecule has 2 fully saturated rings. The van der Waals surface area contributed by atoms with E-state index in [4.69, 9.17) is 9.73 Å². The van der Waals surface area contributed by atoms with Crippen LogP contribution in [0.2, 0.25) is 0 Å². The molecular formula is C24H37N7O. The van der Waals surface area contributed by atoms with Gasteiger partial charge >= 0.3 is 0 Å². The summed E-state index contributed by atoms with van der Waals surface area (Å²) >= 11 is 0. The summed E-state index contributed by atoms with van der Waals surface area (Å²) in [5.74, 6) is 2.63. The van der Waals surface area contributed by atoms with E-state index in [0.29, 0.717) is 6.54 Å². The van der Waals surface area contributed by atoms with Crippen LogP contribution in [0.3, 0.4) is 0 Å². The van der Waals surface area contributed by atoms with Gasteiger partial charge in [-0.2, -0.15) is 0 Å². The van der Waals surface area contributed by atoms with E-state index in [2.05, 4.69) is 56.1 Å². The number of rotatable bonds is 9. The first-order chi connectivity index (χ1) is 15.7. The summed E-state index contributed by atoms with van der Waals surface area (Å²) in [5, 5.41) is 15.6. The Morgan fingerprint density at radius 3 is 2.56 bits per heavy atom. The molecule has 0 radical (unpaired) electrons. The third-order valence-electron chi connectivity index (χ3n) is 6.90. The standard InChI is InChI=1S/C24H37N7O/c1-20-28-29-22(30(20)2)18-26-23(25-12-7-13-31-14-16-32-17-15-31)27-19-24(10-6-11-24)21-8-4-3-5-9-21/h3-5,8-9H,6-7,10-19H2,1-2H3,(H2,25,26,27). The van der Waals surface area contributed by atoms with Gasteiger partial charge in [0.05, 0.1) is 13.2 Å². The summed E-state index contributed by atoms with van der Waals surface area (Å²) in [5.41, 5.74) is 1.63. The zero-order valence-corrected chi connectivity index (χ0v) is 19.5. The molecule has 8 nitrogen and oxygen atoms in total. The quantitative estimate of drug-likeness (QED) is 0.353. The number of hydrogen-bond donors (Lipinski definition) is 2. The van der Waals surface area contributed by atoms with Crippen molar-refractivity contribution in [3.63, 3.8) is 0 Å². The Balaban J connectivity index is 1.36. The molecule has 0 spiro atoms. The van der Waals surface area contributed by atoms with Crippen molar-refractivity contribution in [3.8, 4) is 0 Å². The van der Waals surface area contributed by atoms with Gasteiger partial charge in [-0.25, -0.2) is 4.99 Å². The highest BCUT2D eigenvalue weighted by Gasteiger charge is 2.38. The number of morpholine rings is 1. The van der Waals surface area contributed by atoms with Crippen LogP contribution in [-0.4, -0.2) is 71.6 Å². The molecule has 2 aromatic rings. The fourth-order valence-corrected chi connectivity index (χ4v) is 4.46. The lowest BCUT2D eigenvalue weighted by atomic mass is 9.64. The summed E-state index contributed by atoms with van der Waals surface area (Å²) in [7, 11) is 1.99. The molecule has 1 aromatic heterocycles. The van der Waals surface area contributed by atoms with Gasteiger partial charge in [-0.15, -0.1) is 10.2 Å². The van der Waals surface area contributed by atoms with Crippen LogP contribution in [-0.2, 0) is 23.7 Å². The lowest BCUT2D eigenvalue weighted by Crippen LogP contribution is -2.49. The molecule has 2 aliphatic rings. The molecule has 8 heteroatoms. The van der Waals surface area contributed by atoms with Gasteiger partial charge in [-0.1, -0.05) is 36.8 Å². The Kier molecular flexibility index (Phi) is 7.76. The van der Waals surface area contributed by atoms with Crippen LogP contribution < -0.4 is 10.6 Å². The molecule has 1 saturated heterocycles. The van der Waals surface area contributed by atoms with E-state index in [1.165, 1.54) is 24.8 Å². The van der Waals surface area contributed by atoms with E-state index >= 15 is 0 Å². The van der Waals surface area contributed by atoms with Crippen molar-refractivity contribution in [2.45, 2.75) is 44.6 Å². The fraction of sp³-hybridized carbons (Fsp3) is 0.625. The molecule has 1 aliphatic carbocycles. The van der Waals surface area contributed by atoms with Gasteiger partial charge in [-0.3, -0.25) is 4.90 Å². The third kappa shape index (κ3) is 5.66. The highest BCUT2D eigenvalue weighted by atomic mass is 16.5. The number of guanidine groups is 1. The van der Waals surface area contributed by atoms with Crippen molar-refractivity contribution in [3.05, 3.63) is 47.5 Å². The fourth-order valence-electron chi connectivity index (χ4n) is 4.46. The number of aryl methyl sites for hydroxylation is 1. The summed E-state index contributed by atoms with van der Waals surface area (Å²) in [6.45, 7) is 9.09. The van der Waals surface area contributed by atoms with Crippen molar-refractivity contribution in [1.82, 2.24) is 30.3 Å². The average molecular weight is 440 g/mol. The highest BCUT2D eigenvalue weighted by Crippen LogP contribution is 2.43. The van der Waals surface area contributed by atoms with E-state index in [-0.39, 0.29) is 5.41 Å². The summed E-state index contributed by atoms with van der Waals surface area (Å²) < 4.78 is 7.44. The first-order valence-electron chi connectivity index (χ1n) is 11.9. The van der Waals surface area contributed by atoms with Crippen molar-refractivity contribution in [2.75, 3.05) is 45.9 Å². The molecule has 2 N–H and O–H groups in total. The smallest absolute Gasteiger partial charge is 0.191 e. The Bertz CT molecular complexity index is 870. The minimum atomic E-state index is 0.207. The van der Waals surface area contributed by atoms with Crippen LogP contribution in [0.15, 0.2) is 35.3 Å². The molecule has 4 rings (SSSR count). The van der Waals surface area contributed by atoms with Gasteiger partial charge in [0.15, 0.2) is 11.8 Å². The molecule has 0 unspecified atom stereocenters. The monoisotopic (exact) mass is 439 g/mol. The number of aromatic nitrogens is 3. The van der Waals surface area contributed by atoms with Gasteiger partial charge in [0.25, 0.3) is 0 Å². The number of ether oxygens (including phenoxy) is 1. The van der Waals surface area contributed by atoms with Crippen LogP contribution in [0.5, 0.6) is 0 Å². The second kappa shape index (κ2) is 10.9. The minimum absolute atomic E-state index is 0.207. The summed E-state index contributed by atoms with van der Waals surface area (Å²) in [6.07, 6.45) is 4.80. The Hall–Kier alpha value is -2.45. The molecule has 174 valence electrons. The van der Waals surface area contributed by atoms with Crippen molar-refractivity contribution >= 4 is 5.96 Å². The van der Waals surface area contributed by atoms with E-state index in [1.54, 1.807) is 0 Å². The van der Waals surface area contributed by atoms with Gasteiger partial charge in [-0.05, 0) is 38.3 Å². The van der Waals surface area contributed by atoms with Crippen LogP contribution >= 0.6 is 0 Å². The number of benzene rings is 1. The zero-order chi connectivity index (χ0) is 22.2. The molecule has 32 heavy (non-hydrogen) atoms. The average Bonchev–Trinajstić information content (AvgIpc) is 3.12. The molecule has 1 saturated carbocycles. The summed E-state index contributed by atoms with van der Waals surface area (Å²) in [6, 6.07) is 10.9. The maximum atomic E-state index is 5.45. The first kappa shape index (κ1) is 22.7. The predicted octanol–water partition coefficient (Wildman–Crippen LogP) is 2.00. The van der Waals surface area contributed by atoms with Gasteiger partial charge < -0.3 is 19.9 Å². The van der Waals surface area contributed by atoms with Crippen LogP contribution in [0.1, 0.15) is 42.9 Å². The van der Waals surface area contributed by atoms with E-state index in [9.17, 15) is 0 Å². The lowest BCUT2D eigenvalue weighted by Gasteiger charge is -2.43. The maximum Gasteiger partial charge on any atom is 0.191 e. The molecular weight excluding hydrogens is 402 g/mol. The largest absolute Gasteiger partial charge is 0.379 e.